The standard InChI is InChI=1S/C19H19F3N2O5S/c1-3-24(30(27,28)14-10-8-13(9-11-14)18(26)29-2)12-17(25)23-16-7-5-4-6-15(16)19(20,21)22/h4-11H,3,12H2,1-2H3,(H,23,25). The quantitative estimate of drug-likeness (QED) is 0.663. The van der Waals surface area contributed by atoms with Gasteiger partial charge in [-0.25, -0.2) is 13.2 Å². The summed E-state index contributed by atoms with van der Waals surface area (Å²) in [4.78, 5) is 23.6. The molecule has 7 nitrogen and oxygen atoms in total. The molecule has 0 fully saturated rings. The highest BCUT2D eigenvalue weighted by Crippen LogP contribution is 2.34. The summed E-state index contributed by atoms with van der Waals surface area (Å²) in [5.41, 5.74) is -1.37. The number of rotatable bonds is 7. The molecular formula is C19H19F3N2O5S. The minimum atomic E-state index is -4.68. The number of carbonyl (C=O) groups is 2. The van der Waals surface area contributed by atoms with E-state index in [-0.39, 0.29) is 17.0 Å². The van der Waals surface area contributed by atoms with Gasteiger partial charge in [0.25, 0.3) is 0 Å². The molecule has 1 amide bonds. The van der Waals surface area contributed by atoms with Crippen molar-refractivity contribution < 1.29 is 35.9 Å². The fourth-order valence-corrected chi connectivity index (χ4v) is 3.99. The number of para-hydroxylation sites is 1. The van der Waals surface area contributed by atoms with Gasteiger partial charge in [-0.1, -0.05) is 19.1 Å². The molecule has 0 aliphatic rings. The van der Waals surface area contributed by atoms with Crippen LogP contribution in [0.5, 0.6) is 0 Å². The number of esters is 1. The number of nitrogens with zero attached hydrogens (tertiary/aromatic N) is 1. The summed E-state index contributed by atoms with van der Waals surface area (Å²) in [5.74, 6) is -1.57. The van der Waals surface area contributed by atoms with Crippen molar-refractivity contribution in [2.75, 3.05) is 25.5 Å². The first-order chi connectivity index (χ1) is 14.0. The summed E-state index contributed by atoms with van der Waals surface area (Å²) in [5, 5.41) is 2.11. The van der Waals surface area contributed by atoms with E-state index >= 15 is 0 Å². The summed E-state index contributed by atoms with van der Waals surface area (Å²) < 4.78 is 70.1. The SMILES string of the molecule is CCN(CC(=O)Nc1ccccc1C(F)(F)F)S(=O)(=O)c1ccc(C(=O)OC)cc1. The summed E-state index contributed by atoms with van der Waals surface area (Å²) in [6.07, 6.45) is -4.68. The molecule has 2 rings (SSSR count). The molecule has 0 saturated carbocycles. The third-order valence-electron chi connectivity index (χ3n) is 4.09. The van der Waals surface area contributed by atoms with Gasteiger partial charge in [0.15, 0.2) is 0 Å². The number of ether oxygens (including phenoxy) is 1. The molecular weight excluding hydrogens is 425 g/mol. The second-order valence-corrected chi connectivity index (χ2v) is 7.98. The van der Waals surface area contributed by atoms with E-state index in [1.54, 1.807) is 0 Å². The third kappa shape index (κ3) is 5.36. The van der Waals surface area contributed by atoms with Crippen LogP contribution in [-0.4, -0.2) is 44.8 Å². The minimum Gasteiger partial charge on any atom is -0.465 e. The topological polar surface area (TPSA) is 92.8 Å². The number of nitrogens with one attached hydrogen (secondary N) is 1. The van der Waals surface area contributed by atoms with Crippen LogP contribution >= 0.6 is 0 Å². The van der Waals surface area contributed by atoms with Gasteiger partial charge in [0.2, 0.25) is 15.9 Å². The Morgan fingerprint density at radius 2 is 1.67 bits per heavy atom. The van der Waals surface area contributed by atoms with Gasteiger partial charge in [0, 0.05) is 6.54 Å². The molecule has 0 aromatic heterocycles. The van der Waals surface area contributed by atoms with Crippen LogP contribution in [0.3, 0.4) is 0 Å². The Labute approximate surface area is 171 Å². The Kier molecular flexibility index (Phi) is 7.21. The van der Waals surface area contributed by atoms with Crippen LogP contribution in [0.1, 0.15) is 22.8 Å². The number of methoxy groups -OCH3 is 1. The van der Waals surface area contributed by atoms with Crippen molar-refractivity contribution in [3.8, 4) is 0 Å². The van der Waals surface area contributed by atoms with Crippen molar-refractivity contribution in [2.24, 2.45) is 0 Å². The maximum absolute atomic E-state index is 13.1. The van der Waals surface area contributed by atoms with Crippen LogP contribution in [0.25, 0.3) is 0 Å². The second kappa shape index (κ2) is 9.26. The lowest BCUT2D eigenvalue weighted by atomic mass is 10.1. The summed E-state index contributed by atoms with van der Waals surface area (Å²) in [7, 11) is -2.95. The minimum absolute atomic E-state index is 0.102. The molecule has 0 saturated heterocycles. The first-order valence-corrected chi connectivity index (χ1v) is 10.1. The average Bonchev–Trinajstić information content (AvgIpc) is 2.71. The van der Waals surface area contributed by atoms with Gasteiger partial charge in [-0.3, -0.25) is 4.79 Å². The Morgan fingerprint density at radius 1 is 1.07 bits per heavy atom. The van der Waals surface area contributed by atoms with Gasteiger partial charge in [-0.2, -0.15) is 17.5 Å². The van der Waals surface area contributed by atoms with Gasteiger partial charge < -0.3 is 10.1 Å². The molecule has 162 valence electrons. The van der Waals surface area contributed by atoms with Crippen molar-refractivity contribution >= 4 is 27.6 Å². The predicted molar refractivity (Wildman–Crippen MR) is 102 cm³/mol. The molecule has 2 aromatic rings. The number of hydrogen-bond donors (Lipinski definition) is 1. The van der Waals surface area contributed by atoms with Crippen molar-refractivity contribution in [1.82, 2.24) is 4.31 Å². The number of likely N-dealkylation sites (N-methyl/N-ethyl adjacent to an activating group) is 1. The molecule has 0 aliphatic heterocycles. The highest BCUT2D eigenvalue weighted by molar-refractivity contribution is 7.89. The average molecular weight is 444 g/mol. The predicted octanol–water partition coefficient (Wildman–Crippen LogP) is 3.14. The van der Waals surface area contributed by atoms with Crippen LogP contribution < -0.4 is 5.32 Å². The van der Waals surface area contributed by atoms with Gasteiger partial charge in [-0.05, 0) is 36.4 Å². The van der Waals surface area contributed by atoms with Crippen LogP contribution in [0.15, 0.2) is 53.4 Å². The zero-order valence-corrected chi connectivity index (χ0v) is 16.9. The lowest BCUT2D eigenvalue weighted by Gasteiger charge is -2.21. The van der Waals surface area contributed by atoms with Crippen molar-refractivity contribution in [3.05, 3.63) is 59.7 Å². The first-order valence-electron chi connectivity index (χ1n) is 8.65. The van der Waals surface area contributed by atoms with Crippen molar-refractivity contribution in [1.29, 1.82) is 0 Å². The largest absolute Gasteiger partial charge is 0.465 e. The van der Waals surface area contributed by atoms with E-state index in [1.807, 2.05) is 0 Å². The fourth-order valence-electron chi connectivity index (χ4n) is 2.59. The maximum atomic E-state index is 13.1. The first kappa shape index (κ1) is 23.4. The van der Waals surface area contributed by atoms with Gasteiger partial charge in [-0.15, -0.1) is 0 Å². The van der Waals surface area contributed by atoms with Gasteiger partial charge >= 0.3 is 12.1 Å². The fraction of sp³-hybridized carbons (Fsp3) is 0.263. The number of benzene rings is 2. The Balaban J connectivity index is 2.20. The molecule has 0 aliphatic carbocycles. The number of hydrogen-bond acceptors (Lipinski definition) is 5. The lowest BCUT2D eigenvalue weighted by Crippen LogP contribution is -2.38. The third-order valence-corrected chi connectivity index (χ3v) is 6.03. The normalized spacial score (nSPS) is 11.9. The number of alkyl halides is 3. The zero-order chi connectivity index (χ0) is 22.5. The Morgan fingerprint density at radius 3 is 2.20 bits per heavy atom. The van der Waals surface area contributed by atoms with Crippen molar-refractivity contribution in [2.45, 2.75) is 18.0 Å². The van der Waals surface area contributed by atoms with Crippen LogP contribution in [0.4, 0.5) is 18.9 Å². The zero-order valence-electron chi connectivity index (χ0n) is 16.1. The molecule has 0 bridgehead atoms. The monoisotopic (exact) mass is 444 g/mol. The highest BCUT2D eigenvalue weighted by atomic mass is 32.2. The number of anilines is 1. The molecule has 2 aromatic carbocycles. The molecule has 30 heavy (non-hydrogen) atoms. The van der Waals surface area contributed by atoms with E-state index in [1.165, 1.54) is 50.4 Å². The molecule has 0 spiro atoms. The summed E-state index contributed by atoms with van der Waals surface area (Å²) in [6.45, 7) is 0.691. The second-order valence-electron chi connectivity index (χ2n) is 6.04. The van der Waals surface area contributed by atoms with Gasteiger partial charge in [0.1, 0.15) is 0 Å². The van der Waals surface area contributed by atoms with E-state index < -0.39 is 45.9 Å². The molecule has 0 radical (unpaired) electrons. The summed E-state index contributed by atoms with van der Waals surface area (Å²) >= 11 is 0. The molecule has 0 heterocycles. The number of halogens is 3. The highest BCUT2D eigenvalue weighted by Gasteiger charge is 2.34. The Hall–Kier alpha value is -2.92. The van der Waals surface area contributed by atoms with E-state index in [0.29, 0.717) is 0 Å². The van der Waals surface area contributed by atoms with Crippen molar-refractivity contribution in [3.63, 3.8) is 0 Å². The lowest BCUT2D eigenvalue weighted by molar-refractivity contribution is -0.137. The van der Waals surface area contributed by atoms with Crippen LogP contribution in [0, 0.1) is 0 Å². The number of amides is 1. The molecule has 1 N–H and O–H groups in total. The molecule has 0 unspecified atom stereocenters. The Bertz CT molecular complexity index is 1020. The van der Waals surface area contributed by atoms with E-state index in [0.717, 1.165) is 16.4 Å². The van der Waals surface area contributed by atoms with Crippen LogP contribution in [0.2, 0.25) is 0 Å². The smallest absolute Gasteiger partial charge is 0.418 e. The number of sulfonamides is 1. The van der Waals surface area contributed by atoms with E-state index in [4.69, 9.17) is 0 Å². The van der Waals surface area contributed by atoms with E-state index in [9.17, 15) is 31.2 Å². The molecule has 0 atom stereocenters. The molecule has 11 heteroatoms. The van der Waals surface area contributed by atoms with Gasteiger partial charge in [0.05, 0.1) is 35.4 Å². The van der Waals surface area contributed by atoms with Crippen LogP contribution in [-0.2, 0) is 25.7 Å². The van der Waals surface area contributed by atoms with E-state index in [2.05, 4.69) is 10.1 Å². The number of carbonyl (C=O) groups excluding carboxylic acids is 2. The maximum Gasteiger partial charge on any atom is 0.418 e. The summed E-state index contributed by atoms with van der Waals surface area (Å²) in [6, 6.07) is 9.27.